The van der Waals surface area contributed by atoms with Crippen molar-refractivity contribution in [3.05, 3.63) is 22.7 Å². The first kappa shape index (κ1) is 21.0. The number of fused-ring (bicyclic) bond motifs is 1. The van der Waals surface area contributed by atoms with Gasteiger partial charge in [0.15, 0.2) is 0 Å². The molecule has 0 aromatic rings. The molecule has 4 unspecified atom stereocenters. The Kier molecular flexibility index (Phi) is 5.86. The number of hydrogen-bond acceptors (Lipinski definition) is 7. The highest BCUT2D eigenvalue weighted by molar-refractivity contribution is 5.85. The number of cyclic esters (lactones) is 1. The largest absolute Gasteiger partial charge is 0.460 e. The fourth-order valence-electron chi connectivity index (χ4n) is 5.97. The first-order valence-electron chi connectivity index (χ1n) is 10.3. The lowest BCUT2D eigenvalue weighted by Gasteiger charge is -2.44. The van der Waals surface area contributed by atoms with Crippen LogP contribution in [0.25, 0.3) is 0 Å². The number of rotatable bonds is 3. The maximum absolute atomic E-state index is 12.9. The molecule has 7 nitrogen and oxygen atoms in total. The molecule has 1 saturated carbocycles. The van der Waals surface area contributed by atoms with Crippen LogP contribution in [0.15, 0.2) is 22.7 Å². The Balaban J connectivity index is 0.00000205. The molecule has 3 aliphatic heterocycles. The molecule has 6 atom stereocenters. The van der Waals surface area contributed by atoms with Gasteiger partial charge in [0.2, 0.25) is 6.79 Å². The van der Waals surface area contributed by atoms with Gasteiger partial charge in [0.05, 0.1) is 24.2 Å². The Hall–Kier alpha value is -1.28. The Morgan fingerprint density at radius 1 is 1.07 bits per heavy atom. The van der Waals surface area contributed by atoms with Crippen LogP contribution in [0, 0.1) is 11.8 Å². The number of allylic oxidation sites excluding steroid dienone is 2. The summed E-state index contributed by atoms with van der Waals surface area (Å²) in [5, 5.41) is 0. The minimum absolute atomic E-state index is 0. The number of methoxy groups -OCH3 is 2. The Labute approximate surface area is 177 Å². The molecule has 2 fully saturated rings. The molecular weight excluding hydrogens is 398 g/mol. The summed E-state index contributed by atoms with van der Waals surface area (Å²) in [5.41, 5.74) is 2.79. The zero-order valence-electron chi connectivity index (χ0n) is 17.2. The molecule has 0 radical (unpaired) electrons. The van der Waals surface area contributed by atoms with Crippen LogP contribution in [0.5, 0.6) is 0 Å². The van der Waals surface area contributed by atoms with Crippen LogP contribution in [-0.4, -0.2) is 69.8 Å². The zero-order chi connectivity index (χ0) is 19.4. The Morgan fingerprint density at radius 2 is 1.83 bits per heavy atom. The van der Waals surface area contributed by atoms with Gasteiger partial charge >= 0.3 is 5.97 Å². The van der Waals surface area contributed by atoms with Crippen molar-refractivity contribution in [3.8, 4) is 0 Å². The fourth-order valence-corrected chi connectivity index (χ4v) is 5.97. The van der Waals surface area contributed by atoms with Crippen LogP contribution in [0.4, 0.5) is 0 Å². The second kappa shape index (κ2) is 8.10. The van der Waals surface area contributed by atoms with Crippen LogP contribution < -0.4 is 0 Å². The predicted molar refractivity (Wildman–Crippen MR) is 106 cm³/mol. The summed E-state index contributed by atoms with van der Waals surface area (Å²) in [7, 11) is 5.50. The highest BCUT2D eigenvalue weighted by Gasteiger charge is 2.57. The molecule has 0 N–H and O–H groups in total. The van der Waals surface area contributed by atoms with Gasteiger partial charge in [-0.2, -0.15) is 0 Å². The summed E-state index contributed by atoms with van der Waals surface area (Å²) < 4.78 is 28.7. The van der Waals surface area contributed by atoms with Crippen molar-refractivity contribution in [2.24, 2.45) is 11.8 Å². The monoisotopic (exact) mass is 427 g/mol. The molecule has 0 spiro atoms. The van der Waals surface area contributed by atoms with Gasteiger partial charge in [-0.25, -0.2) is 0 Å². The van der Waals surface area contributed by atoms with Crippen molar-refractivity contribution in [1.29, 1.82) is 0 Å². The summed E-state index contributed by atoms with van der Waals surface area (Å²) in [5.74, 6) is 1.71. The van der Waals surface area contributed by atoms with Crippen LogP contribution in [-0.2, 0) is 28.5 Å². The lowest BCUT2D eigenvalue weighted by Crippen LogP contribution is -2.52. The van der Waals surface area contributed by atoms with E-state index in [-0.39, 0.29) is 54.6 Å². The van der Waals surface area contributed by atoms with Gasteiger partial charge < -0.3 is 23.7 Å². The normalized spacial score (nSPS) is 39.1. The van der Waals surface area contributed by atoms with Crippen molar-refractivity contribution in [2.45, 2.75) is 56.5 Å². The molecule has 5 rings (SSSR count). The highest BCUT2D eigenvalue weighted by atomic mass is 35.5. The molecule has 0 aromatic carbocycles. The van der Waals surface area contributed by atoms with Crippen molar-refractivity contribution >= 4 is 18.4 Å². The quantitative estimate of drug-likeness (QED) is 0.506. The van der Waals surface area contributed by atoms with E-state index < -0.39 is 0 Å². The fraction of sp³-hybridized carbons (Fsp3) is 0.762. The van der Waals surface area contributed by atoms with Crippen molar-refractivity contribution in [2.75, 3.05) is 34.6 Å². The average molecular weight is 428 g/mol. The third kappa shape index (κ3) is 3.26. The van der Waals surface area contributed by atoms with E-state index in [2.05, 4.69) is 11.9 Å². The maximum Gasteiger partial charge on any atom is 0.312 e. The molecule has 29 heavy (non-hydrogen) atoms. The van der Waals surface area contributed by atoms with Gasteiger partial charge in [-0.15, -0.1) is 12.4 Å². The average Bonchev–Trinajstić information content (AvgIpc) is 3.29. The molecule has 0 aromatic heterocycles. The maximum atomic E-state index is 12.9. The Morgan fingerprint density at radius 3 is 2.55 bits per heavy atom. The van der Waals surface area contributed by atoms with Gasteiger partial charge in [0.25, 0.3) is 0 Å². The zero-order valence-corrected chi connectivity index (χ0v) is 18.0. The van der Waals surface area contributed by atoms with E-state index in [1.165, 1.54) is 11.1 Å². The van der Waals surface area contributed by atoms with E-state index in [0.717, 1.165) is 50.2 Å². The van der Waals surface area contributed by atoms with Crippen molar-refractivity contribution < 1.29 is 28.5 Å². The second-order valence-electron chi connectivity index (χ2n) is 8.55. The number of ether oxygens (including phenoxy) is 5. The van der Waals surface area contributed by atoms with E-state index in [1.807, 2.05) is 0 Å². The van der Waals surface area contributed by atoms with E-state index in [9.17, 15) is 4.79 Å². The van der Waals surface area contributed by atoms with Crippen LogP contribution in [0.2, 0.25) is 0 Å². The van der Waals surface area contributed by atoms with Crippen LogP contribution >= 0.6 is 12.4 Å². The van der Waals surface area contributed by atoms with Crippen LogP contribution in [0.1, 0.15) is 32.1 Å². The molecule has 0 bridgehead atoms. The van der Waals surface area contributed by atoms with Gasteiger partial charge in [-0.1, -0.05) is 5.57 Å². The smallest absolute Gasteiger partial charge is 0.312 e. The third-order valence-corrected chi connectivity index (χ3v) is 7.35. The van der Waals surface area contributed by atoms with E-state index in [0.29, 0.717) is 6.79 Å². The molecule has 1 saturated heterocycles. The number of carbonyl (C=O) groups excluding carboxylic acids is 1. The van der Waals surface area contributed by atoms with Gasteiger partial charge in [0.1, 0.15) is 17.6 Å². The summed E-state index contributed by atoms with van der Waals surface area (Å²) >= 11 is 0. The minimum atomic E-state index is -0.252. The molecule has 0 amide bonds. The third-order valence-electron chi connectivity index (χ3n) is 7.35. The predicted octanol–water partition coefficient (Wildman–Crippen LogP) is 2.40. The summed E-state index contributed by atoms with van der Waals surface area (Å²) in [4.78, 5) is 15.2. The number of hydrogen-bond donors (Lipinski definition) is 0. The van der Waals surface area contributed by atoms with Crippen molar-refractivity contribution in [3.63, 3.8) is 0 Å². The SMILES string of the molecule is COC1CCC2C(C(=O)O[C@@H]2[C@H]2C3=C(CCN2C)CC2=C(C3)OCO2)C1OC.Cl. The highest BCUT2D eigenvalue weighted by Crippen LogP contribution is 2.48. The first-order valence-corrected chi connectivity index (χ1v) is 10.3. The van der Waals surface area contributed by atoms with Gasteiger partial charge in [0, 0.05) is 39.5 Å². The van der Waals surface area contributed by atoms with E-state index >= 15 is 0 Å². The molecule has 162 valence electrons. The topological polar surface area (TPSA) is 66.5 Å². The van der Waals surface area contributed by atoms with E-state index in [1.54, 1.807) is 14.2 Å². The first-order chi connectivity index (χ1) is 13.6. The second-order valence-corrected chi connectivity index (χ2v) is 8.55. The van der Waals surface area contributed by atoms with Crippen LogP contribution in [0.3, 0.4) is 0 Å². The van der Waals surface area contributed by atoms with Gasteiger partial charge in [-0.05, 0) is 31.9 Å². The molecule has 3 heterocycles. The molecule has 8 heteroatoms. The summed E-state index contributed by atoms with van der Waals surface area (Å²) in [6.45, 7) is 1.29. The molecular formula is C21H30ClNO6. The lowest BCUT2D eigenvalue weighted by atomic mass is 9.71. The number of esters is 1. The molecule has 5 aliphatic rings. The number of nitrogens with zero attached hydrogens (tertiary/aromatic N) is 1. The van der Waals surface area contributed by atoms with Crippen molar-refractivity contribution in [1.82, 2.24) is 4.90 Å². The minimum Gasteiger partial charge on any atom is -0.460 e. The lowest BCUT2D eigenvalue weighted by molar-refractivity contribution is -0.153. The summed E-state index contributed by atoms with van der Waals surface area (Å²) in [6, 6.07) is 0.0950. The van der Waals surface area contributed by atoms with E-state index in [4.69, 9.17) is 23.7 Å². The number of halogens is 1. The summed E-state index contributed by atoms with van der Waals surface area (Å²) in [6.07, 6.45) is 3.99. The number of carbonyl (C=O) groups is 1. The Bertz CT molecular complexity index is 737. The standard InChI is InChI=1S/C21H29NO6.ClH/c1-22-7-6-11-8-15-16(27-10-26-15)9-13(11)18(22)19-12-4-5-14(24-2)20(25-3)17(12)21(23)28-19;/h12,14,17-20H,4-10H2,1-3H3;1H/t12?,14?,17?,18-,19+,20?;/m1./s1. The molecule has 2 aliphatic carbocycles. The number of likely N-dealkylation sites (N-methyl/N-ethyl adjacent to an activating group) is 1. The van der Waals surface area contributed by atoms with Gasteiger partial charge in [-0.3, -0.25) is 9.69 Å².